The molecule has 0 bridgehead atoms. The Hall–Kier alpha value is 2.64. The Balaban J connectivity index is 2.76. The number of halogens is 2. The molecule has 2 saturated heterocycles. The molecule has 2 aliphatic rings. The number of ether oxygens (including phenoxy) is 3. The van der Waals surface area contributed by atoms with Crippen LogP contribution in [0, 0.1) is 0 Å². The fourth-order valence-electron chi connectivity index (χ4n) is 8.80. The predicted molar refractivity (Wildman–Crippen MR) is 219 cm³/mol. The van der Waals surface area contributed by atoms with Gasteiger partial charge in [-0.05, 0) is 22.2 Å². The molecule has 244 valence electrons. The third kappa shape index (κ3) is 9.38. The van der Waals surface area contributed by atoms with E-state index >= 15 is 0 Å². The van der Waals surface area contributed by atoms with Crippen LogP contribution in [0.2, 0.25) is 151 Å². The second-order valence-corrected chi connectivity index (χ2v) is 54.0. The van der Waals surface area contributed by atoms with E-state index in [2.05, 4.69) is 163 Å². The molecule has 2 aliphatic heterocycles. The molecule has 0 radical (unpaired) electrons. The maximum atomic E-state index is 7.54. The fourth-order valence-corrected chi connectivity index (χ4v) is 38.4. The first-order valence-corrected chi connectivity index (χ1v) is 40.7. The smallest absolute Gasteiger partial charge is 0.161 e. The van der Waals surface area contributed by atoms with Crippen LogP contribution in [0.3, 0.4) is 0 Å². The minimum absolute atomic E-state index is 0.143. The van der Waals surface area contributed by atoms with Crippen molar-refractivity contribution in [3.8, 4) is 0 Å². The maximum absolute atomic E-state index is 7.54. The van der Waals surface area contributed by atoms with Gasteiger partial charge in [0.1, 0.15) is 0 Å². The number of hydrogen-bond donors (Lipinski definition) is 0. The van der Waals surface area contributed by atoms with Gasteiger partial charge in [0.2, 0.25) is 0 Å². The first kappa shape index (κ1) is 39.8. The Morgan fingerprint density at radius 1 is 0.390 bits per heavy atom. The Morgan fingerprint density at radius 3 is 0.780 bits per heavy atom. The fraction of sp³-hybridized carbons (Fsp3) is 1.00. The third-order valence-electron chi connectivity index (χ3n) is 10.1. The van der Waals surface area contributed by atoms with E-state index in [1.54, 1.807) is 0 Å². The molecule has 41 heavy (non-hydrogen) atoms. The summed E-state index contributed by atoms with van der Waals surface area (Å²) < 4.78 is 24.3. The van der Waals surface area contributed by atoms with E-state index < -0.39 is 48.4 Å². The zero-order valence-electron chi connectivity index (χ0n) is 30.2. The van der Waals surface area contributed by atoms with Gasteiger partial charge in [0.05, 0.1) is 44.5 Å². The van der Waals surface area contributed by atoms with Crippen molar-refractivity contribution in [1.82, 2.24) is 0 Å². The number of rotatable bonds is 10. The lowest BCUT2D eigenvalue weighted by Crippen LogP contribution is -2.63. The first-order chi connectivity index (χ1) is 18.1. The molecular formula is C30H68I2O3Si6. The molecule has 0 aromatic heterocycles. The van der Waals surface area contributed by atoms with Crippen LogP contribution in [0.1, 0.15) is 0 Å². The van der Waals surface area contributed by atoms with E-state index in [4.69, 9.17) is 14.2 Å². The summed E-state index contributed by atoms with van der Waals surface area (Å²) in [5.41, 5.74) is 3.86. The van der Waals surface area contributed by atoms with Gasteiger partial charge in [-0.2, -0.15) is 0 Å². The monoisotopic (exact) mass is 898 g/mol. The molecule has 0 aliphatic carbocycles. The zero-order chi connectivity index (χ0) is 32.3. The lowest BCUT2D eigenvalue weighted by Gasteiger charge is -2.60. The molecule has 11 heteroatoms. The van der Waals surface area contributed by atoms with Crippen LogP contribution in [0.5, 0.6) is 0 Å². The van der Waals surface area contributed by atoms with E-state index in [0.717, 1.165) is 19.9 Å². The molecule has 2 heterocycles. The maximum Gasteiger partial charge on any atom is 0.161 e. The Morgan fingerprint density at radius 2 is 0.610 bits per heavy atom. The van der Waals surface area contributed by atoms with Gasteiger partial charge in [0, 0.05) is 36.1 Å². The van der Waals surface area contributed by atoms with Gasteiger partial charge < -0.3 is 14.2 Å². The molecular weight excluding hydrogens is 831 g/mol. The number of alkyl halides is 2. The highest BCUT2D eigenvalue weighted by atomic mass is 127. The summed E-state index contributed by atoms with van der Waals surface area (Å²) in [6, 6.07) is 0. The van der Waals surface area contributed by atoms with Gasteiger partial charge in [-0.25, -0.2) is 0 Å². The molecule has 2 fully saturated rings. The average Bonchev–Trinajstić information content (AvgIpc) is 2.72. The van der Waals surface area contributed by atoms with Crippen molar-refractivity contribution in [3.63, 3.8) is 0 Å². The van der Waals surface area contributed by atoms with E-state index in [9.17, 15) is 0 Å². The minimum Gasteiger partial charge on any atom is -0.349 e. The Kier molecular flexibility index (Phi) is 13.2. The molecule has 0 unspecified atom stereocenters. The molecule has 0 aromatic carbocycles. The van der Waals surface area contributed by atoms with Gasteiger partial charge in [-0.15, -0.1) is 0 Å². The van der Waals surface area contributed by atoms with Crippen LogP contribution in [-0.4, -0.2) is 82.1 Å². The first-order valence-electron chi connectivity index (χ1n) is 16.2. The van der Waals surface area contributed by atoms with Crippen molar-refractivity contribution in [2.75, 3.05) is 8.86 Å². The van der Waals surface area contributed by atoms with E-state index in [0.29, 0.717) is 22.2 Å². The summed E-state index contributed by atoms with van der Waals surface area (Å²) in [5.74, 6) is 0. The van der Waals surface area contributed by atoms with Gasteiger partial charge >= 0.3 is 0 Å². The van der Waals surface area contributed by atoms with Crippen molar-refractivity contribution in [2.45, 2.75) is 176 Å². The summed E-state index contributed by atoms with van der Waals surface area (Å²) in [6.45, 7) is 47.0. The minimum atomic E-state index is -1.66. The summed E-state index contributed by atoms with van der Waals surface area (Å²) in [6.07, 6.45) is 0.284. The highest BCUT2D eigenvalue weighted by Gasteiger charge is 2.61. The van der Waals surface area contributed by atoms with Crippen LogP contribution < -0.4 is 0 Å². The molecule has 0 saturated carbocycles. The normalized spacial score (nSPS) is 36.9. The van der Waals surface area contributed by atoms with E-state index in [1.807, 2.05) is 0 Å². The van der Waals surface area contributed by atoms with E-state index in [-0.39, 0.29) is 24.8 Å². The number of hydrogen-bond acceptors (Lipinski definition) is 3. The highest BCUT2D eigenvalue weighted by Crippen LogP contribution is 2.63. The van der Waals surface area contributed by atoms with Crippen molar-refractivity contribution < 1.29 is 14.2 Å². The molecule has 0 amide bonds. The second-order valence-electron chi connectivity index (χ2n) is 19.9. The van der Waals surface area contributed by atoms with Crippen LogP contribution in [0.15, 0.2) is 0 Å². The van der Waals surface area contributed by atoms with Gasteiger partial charge in [0.15, 0.2) is 12.6 Å². The highest BCUT2D eigenvalue weighted by molar-refractivity contribution is 14.1. The summed E-state index contributed by atoms with van der Waals surface area (Å²) in [7, 11) is -9.35. The molecule has 0 N–H and O–H groups in total. The Labute approximate surface area is 289 Å². The van der Waals surface area contributed by atoms with Crippen LogP contribution >= 0.6 is 45.2 Å². The van der Waals surface area contributed by atoms with Crippen molar-refractivity contribution in [3.05, 3.63) is 0 Å². The quantitative estimate of drug-likeness (QED) is 0.124. The molecule has 0 spiro atoms. The second kappa shape index (κ2) is 13.6. The molecule has 2 rings (SSSR count). The summed E-state index contributed by atoms with van der Waals surface area (Å²) in [4.78, 5) is 0. The van der Waals surface area contributed by atoms with Crippen molar-refractivity contribution in [2.24, 2.45) is 0 Å². The van der Waals surface area contributed by atoms with Crippen molar-refractivity contribution >= 4 is 93.6 Å². The lowest BCUT2D eigenvalue weighted by atomic mass is 10.1. The van der Waals surface area contributed by atoms with Crippen LogP contribution in [0.4, 0.5) is 0 Å². The lowest BCUT2D eigenvalue weighted by molar-refractivity contribution is -0.286. The van der Waals surface area contributed by atoms with Gasteiger partial charge in [0.25, 0.3) is 0 Å². The zero-order valence-corrected chi connectivity index (χ0v) is 40.5. The SMILES string of the molecule is C[Si](C)(C)[C@@H]1[C@H]([Si](C)(C)C)[C@@H](O[C@@H]2O[C@@H](CI)[C@@H]([Si](C)(C)C)[C@@H]([Si](C)(C)C)[C@H]2[Si](C)(C)C)O[C@H](CI)[C@@H]1[Si](C)(C)C. The predicted octanol–water partition coefficient (Wildman–Crippen LogP) is 11.6. The summed E-state index contributed by atoms with van der Waals surface area (Å²) in [5, 5.41) is 0. The van der Waals surface area contributed by atoms with E-state index in [1.165, 1.54) is 0 Å². The van der Waals surface area contributed by atoms with Crippen LogP contribution in [-0.2, 0) is 14.2 Å². The van der Waals surface area contributed by atoms with Gasteiger partial charge in [-0.1, -0.05) is 163 Å². The third-order valence-corrected chi connectivity index (χ3v) is 29.4. The molecule has 0 aromatic rings. The Bertz CT molecular complexity index is 796. The standard InChI is InChI=1S/C30H68I2O3Si6/c1-36(2,3)23-21(19-31)33-29(27(40(13,14)15)25(23)38(7,8)9)35-30-28(41(16,17)18)26(39(10,11)12)24(37(4,5)6)22(20-32)34-30/h21-30H,19-20H2,1-18H3/t21-,22+,23+,24-,25+,26-,27+,28-,29-,30+. The summed E-state index contributed by atoms with van der Waals surface area (Å²) >= 11 is 5.23. The van der Waals surface area contributed by atoms with Crippen molar-refractivity contribution in [1.29, 1.82) is 0 Å². The molecule has 3 nitrogen and oxygen atoms in total. The largest absolute Gasteiger partial charge is 0.349 e. The molecule has 10 atom stereocenters. The van der Waals surface area contributed by atoms with Gasteiger partial charge in [-0.3, -0.25) is 0 Å². The average molecular weight is 899 g/mol. The topological polar surface area (TPSA) is 27.7 Å². The van der Waals surface area contributed by atoms with Crippen LogP contribution in [0.25, 0.3) is 0 Å².